The van der Waals surface area contributed by atoms with Gasteiger partial charge in [-0.1, -0.05) is 0 Å². The summed E-state index contributed by atoms with van der Waals surface area (Å²) < 4.78 is 9.84. The van der Waals surface area contributed by atoms with Gasteiger partial charge in [-0.25, -0.2) is 0 Å². The first kappa shape index (κ1) is 13.7. The minimum Gasteiger partial charge on any atom is -0.432 e. The molecule has 8 nitrogen and oxygen atoms in total. The standard InChI is InChI=1S/C10H17NO7/c12-4-1-5(11-2-4)9(16)18-10-8(15)7(14)6(13)3-17-10/h4-8,10-15H,1-3H2/t4-,5+,6-,7-,8+,10?/m1/s1. The van der Waals surface area contributed by atoms with Crippen molar-refractivity contribution < 1.29 is 34.7 Å². The van der Waals surface area contributed by atoms with Gasteiger partial charge in [-0.2, -0.15) is 0 Å². The number of aliphatic hydroxyl groups is 4. The van der Waals surface area contributed by atoms with Crippen LogP contribution in [0.2, 0.25) is 0 Å². The zero-order valence-corrected chi connectivity index (χ0v) is 9.60. The maximum Gasteiger partial charge on any atom is 0.325 e. The normalized spacial score (nSPS) is 44.9. The molecule has 0 aromatic heterocycles. The molecule has 0 amide bonds. The Morgan fingerprint density at radius 1 is 1.22 bits per heavy atom. The van der Waals surface area contributed by atoms with Crippen molar-refractivity contribution in [3.63, 3.8) is 0 Å². The van der Waals surface area contributed by atoms with Crippen LogP contribution in [0.3, 0.4) is 0 Å². The number of carbonyl (C=O) groups excluding carboxylic acids is 1. The fourth-order valence-corrected chi connectivity index (χ4v) is 1.98. The van der Waals surface area contributed by atoms with Crippen LogP contribution < -0.4 is 5.32 Å². The van der Waals surface area contributed by atoms with Crippen LogP contribution >= 0.6 is 0 Å². The molecule has 2 fully saturated rings. The summed E-state index contributed by atoms with van der Waals surface area (Å²) in [5, 5.41) is 40.2. The quantitative estimate of drug-likeness (QED) is 0.328. The average Bonchev–Trinajstić information content (AvgIpc) is 2.77. The first-order chi connectivity index (χ1) is 8.49. The van der Waals surface area contributed by atoms with E-state index in [4.69, 9.17) is 9.47 Å². The highest BCUT2D eigenvalue weighted by Gasteiger charge is 2.41. The SMILES string of the molecule is O=C(OC1OC[C@@H](O)[C@@H](O)[C@@H]1O)[C@@H]1C[C@@H](O)CN1. The van der Waals surface area contributed by atoms with Gasteiger partial charge in [0.05, 0.1) is 12.7 Å². The molecule has 0 radical (unpaired) electrons. The number of esters is 1. The van der Waals surface area contributed by atoms with Crippen LogP contribution in [0.4, 0.5) is 0 Å². The lowest BCUT2D eigenvalue weighted by molar-refractivity contribution is -0.263. The molecule has 2 heterocycles. The van der Waals surface area contributed by atoms with Gasteiger partial charge in [0.15, 0.2) is 0 Å². The van der Waals surface area contributed by atoms with Crippen LogP contribution in [0.5, 0.6) is 0 Å². The Labute approximate surface area is 103 Å². The van der Waals surface area contributed by atoms with Crippen LogP contribution in [0.25, 0.3) is 0 Å². The third kappa shape index (κ3) is 2.79. The van der Waals surface area contributed by atoms with E-state index in [1.54, 1.807) is 0 Å². The van der Waals surface area contributed by atoms with E-state index in [9.17, 15) is 25.2 Å². The Bertz CT molecular complexity index is 313. The number of nitrogens with one attached hydrogen (secondary N) is 1. The minimum atomic E-state index is -1.50. The predicted octanol–water partition coefficient (Wildman–Crippen LogP) is -3.31. The molecule has 2 aliphatic rings. The summed E-state index contributed by atoms with van der Waals surface area (Å²) in [5.41, 5.74) is 0. The smallest absolute Gasteiger partial charge is 0.325 e. The maximum absolute atomic E-state index is 11.7. The van der Waals surface area contributed by atoms with Gasteiger partial charge in [0.1, 0.15) is 24.4 Å². The van der Waals surface area contributed by atoms with Crippen molar-refractivity contribution in [3.8, 4) is 0 Å². The topological polar surface area (TPSA) is 128 Å². The van der Waals surface area contributed by atoms with E-state index in [1.165, 1.54) is 0 Å². The Kier molecular flexibility index (Phi) is 4.15. The molecule has 5 N–H and O–H groups in total. The molecule has 6 atom stereocenters. The van der Waals surface area contributed by atoms with Gasteiger partial charge in [-0.05, 0) is 0 Å². The van der Waals surface area contributed by atoms with E-state index in [-0.39, 0.29) is 13.0 Å². The van der Waals surface area contributed by atoms with Crippen molar-refractivity contribution in [3.05, 3.63) is 0 Å². The van der Waals surface area contributed by atoms with Crippen LogP contribution in [0.1, 0.15) is 6.42 Å². The van der Waals surface area contributed by atoms with Gasteiger partial charge in [-0.15, -0.1) is 0 Å². The molecule has 2 saturated heterocycles. The van der Waals surface area contributed by atoms with Crippen molar-refractivity contribution in [2.24, 2.45) is 0 Å². The van der Waals surface area contributed by atoms with E-state index >= 15 is 0 Å². The summed E-state index contributed by atoms with van der Waals surface area (Å²) in [6, 6.07) is -0.653. The highest BCUT2D eigenvalue weighted by Crippen LogP contribution is 2.18. The summed E-state index contributed by atoms with van der Waals surface area (Å²) in [5.74, 6) is -0.667. The van der Waals surface area contributed by atoms with Gasteiger partial charge >= 0.3 is 5.97 Å². The molecule has 1 unspecified atom stereocenters. The van der Waals surface area contributed by atoms with Crippen molar-refractivity contribution >= 4 is 5.97 Å². The van der Waals surface area contributed by atoms with E-state index in [2.05, 4.69) is 5.32 Å². The van der Waals surface area contributed by atoms with E-state index < -0.39 is 42.7 Å². The predicted molar refractivity (Wildman–Crippen MR) is 56.3 cm³/mol. The number of hydrogen-bond acceptors (Lipinski definition) is 8. The minimum absolute atomic E-state index is 0.225. The van der Waals surface area contributed by atoms with Gasteiger partial charge in [0.2, 0.25) is 6.29 Å². The number of rotatable bonds is 2. The third-order valence-electron chi connectivity index (χ3n) is 3.08. The van der Waals surface area contributed by atoms with Crippen molar-refractivity contribution in [2.75, 3.05) is 13.2 Å². The fraction of sp³-hybridized carbons (Fsp3) is 0.900. The Morgan fingerprint density at radius 2 is 1.94 bits per heavy atom. The summed E-state index contributed by atoms with van der Waals surface area (Å²) in [7, 11) is 0. The van der Waals surface area contributed by atoms with Crippen molar-refractivity contribution in [2.45, 2.75) is 43.2 Å². The monoisotopic (exact) mass is 263 g/mol. The van der Waals surface area contributed by atoms with Gasteiger partial charge in [-0.3, -0.25) is 4.79 Å². The molecule has 0 spiro atoms. The van der Waals surface area contributed by atoms with Crippen molar-refractivity contribution in [1.82, 2.24) is 5.32 Å². The lowest BCUT2D eigenvalue weighted by atomic mass is 10.1. The Hall–Kier alpha value is -0.770. The molecule has 2 aliphatic heterocycles. The Balaban J connectivity index is 1.87. The van der Waals surface area contributed by atoms with Crippen LogP contribution in [-0.2, 0) is 14.3 Å². The molecule has 0 saturated carbocycles. The fourth-order valence-electron chi connectivity index (χ4n) is 1.98. The third-order valence-corrected chi connectivity index (χ3v) is 3.08. The van der Waals surface area contributed by atoms with Gasteiger partial charge in [0, 0.05) is 13.0 Å². The molecule has 0 aliphatic carbocycles. The van der Waals surface area contributed by atoms with Crippen molar-refractivity contribution in [1.29, 1.82) is 0 Å². The second-order valence-electron chi connectivity index (χ2n) is 4.54. The average molecular weight is 263 g/mol. The summed E-state index contributed by atoms with van der Waals surface area (Å²) in [6.45, 7) is 0.0755. The summed E-state index contributed by atoms with van der Waals surface area (Å²) >= 11 is 0. The molecule has 2 rings (SSSR count). The number of aliphatic hydroxyl groups excluding tert-OH is 4. The van der Waals surface area contributed by atoms with Gasteiger partial charge in [0.25, 0.3) is 0 Å². The lowest BCUT2D eigenvalue weighted by Crippen LogP contribution is -2.55. The van der Waals surface area contributed by atoms with E-state index in [1.807, 2.05) is 0 Å². The number of ether oxygens (including phenoxy) is 2. The van der Waals surface area contributed by atoms with Gasteiger partial charge < -0.3 is 35.2 Å². The molecule has 8 heteroatoms. The highest BCUT2D eigenvalue weighted by molar-refractivity contribution is 5.76. The Morgan fingerprint density at radius 3 is 2.56 bits per heavy atom. The molecular weight excluding hydrogens is 246 g/mol. The second kappa shape index (κ2) is 5.47. The largest absolute Gasteiger partial charge is 0.432 e. The van der Waals surface area contributed by atoms with Crippen LogP contribution in [0.15, 0.2) is 0 Å². The molecule has 0 aromatic rings. The number of hydrogen-bond donors (Lipinski definition) is 5. The van der Waals surface area contributed by atoms with E-state index in [0.29, 0.717) is 6.54 Å². The summed E-state index contributed by atoms with van der Waals surface area (Å²) in [6.07, 6.45) is -5.81. The summed E-state index contributed by atoms with van der Waals surface area (Å²) in [4.78, 5) is 11.7. The molecule has 104 valence electrons. The molecule has 18 heavy (non-hydrogen) atoms. The number of β-amino-alcohol motifs (C(OH)–C–C–N with tert-alkyl or cyclic N) is 1. The number of carbonyl (C=O) groups is 1. The van der Waals surface area contributed by atoms with Crippen LogP contribution in [0, 0.1) is 0 Å². The lowest BCUT2D eigenvalue weighted by Gasteiger charge is -2.34. The second-order valence-corrected chi connectivity index (χ2v) is 4.54. The first-order valence-corrected chi connectivity index (χ1v) is 5.77. The van der Waals surface area contributed by atoms with Crippen LogP contribution in [-0.4, -0.2) is 76.3 Å². The first-order valence-electron chi connectivity index (χ1n) is 5.77. The highest BCUT2D eigenvalue weighted by atomic mass is 16.7. The molecule has 0 bridgehead atoms. The zero-order chi connectivity index (χ0) is 13.3. The maximum atomic E-state index is 11.7. The zero-order valence-electron chi connectivity index (χ0n) is 9.60. The molecule has 0 aromatic carbocycles. The van der Waals surface area contributed by atoms with E-state index in [0.717, 1.165) is 0 Å². The molecular formula is C10H17NO7.